The SMILES string of the molecule is CN(C)C(CNC(=O)Cn1ccc(C(F)(F)F)n1)c1cccs1. The predicted octanol–water partition coefficient (Wildman–Crippen LogP) is 2.38. The number of nitrogens with one attached hydrogen (secondary N) is 1. The lowest BCUT2D eigenvalue weighted by Crippen LogP contribution is -2.36. The highest BCUT2D eigenvalue weighted by Crippen LogP contribution is 2.27. The molecule has 2 aromatic rings. The standard InChI is InChI=1S/C14H17F3N4OS/c1-20(2)10(11-4-3-7-23-11)8-18-13(22)9-21-6-5-12(19-21)14(15,16)17/h3-7,10H,8-9H2,1-2H3,(H,18,22). The molecule has 0 aliphatic carbocycles. The quantitative estimate of drug-likeness (QED) is 0.874. The molecular weight excluding hydrogens is 329 g/mol. The largest absolute Gasteiger partial charge is 0.435 e. The number of hydrogen-bond acceptors (Lipinski definition) is 4. The predicted molar refractivity (Wildman–Crippen MR) is 81.0 cm³/mol. The van der Waals surface area contributed by atoms with Crippen LogP contribution in [0.1, 0.15) is 16.6 Å². The molecule has 0 radical (unpaired) electrons. The summed E-state index contributed by atoms with van der Waals surface area (Å²) in [4.78, 5) is 15.0. The van der Waals surface area contributed by atoms with Crippen LogP contribution in [0.3, 0.4) is 0 Å². The van der Waals surface area contributed by atoms with E-state index in [0.717, 1.165) is 21.8 Å². The van der Waals surface area contributed by atoms with Gasteiger partial charge in [-0.15, -0.1) is 11.3 Å². The van der Waals surface area contributed by atoms with Crippen LogP contribution in [0.2, 0.25) is 0 Å². The fraction of sp³-hybridized carbons (Fsp3) is 0.429. The first-order valence-corrected chi connectivity index (χ1v) is 7.72. The monoisotopic (exact) mass is 346 g/mol. The zero-order chi connectivity index (χ0) is 17.0. The van der Waals surface area contributed by atoms with E-state index >= 15 is 0 Å². The van der Waals surface area contributed by atoms with Gasteiger partial charge < -0.3 is 10.2 Å². The van der Waals surface area contributed by atoms with Crippen molar-refractivity contribution in [1.29, 1.82) is 0 Å². The van der Waals surface area contributed by atoms with Crippen molar-refractivity contribution in [3.05, 3.63) is 40.3 Å². The van der Waals surface area contributed by atoms with Crippen LogP contribution in [-0.4, -0.2) is 41.2 Å². The van der Waals surface area contributed by atoms with Gasteiger partial charge in [0.1, 0.15) is 6.54 Å². The summed E-state index contributed by atoms with van der Waals surface area (Å²) in [6.07, 6.45) is -3.36. The molecule has 5 nitrogen and oxygen atoms in total. The van der Waals surface area contributed by atoms with Crippen molar-refractivity contribution in [2.75, 3.05) is 20.6 Å². The van der Waals surface area contributed by atoms with E-state index in [-0.39, 0.29) is 18.5 Å². The first-order valence-electron chi connectivity index (χ1n) is 6.84. The molecule has 9 heteroatoms. The number of amides is 1. The van der Waals surface area contributed by atoms with E-state index in [4.69, 9.17) is 0 Å². The number of aromatic nitrogens is 2. The van der Waals surface area contributed by atoms with Crippen molar-refractivity contribution < 1.29 is 18.0 Å². The molecule has 0 aliphatic heterocycles. The normalized spacial score (nSPS) is 13.3. The molecule has 126 valence electrons. The van der Waals surface area contributed by atoms with Crippen molar-refractivity contribution in [1.82, 2.24) is 20.0 Å². The molecule has 0 spiro atoms. The summed E-state index contributed by atoms with van der Waals surface area (Å²) < 4.78 is 38.4. The lowest BCUT2D eigenvalue weighted by atomic mass is 10.2. The third kappa shape index (κ3) is 4.80. The second kappa shape index (κ2) is 7.14. The van der Waals surface area contributed by atoms with Crippen molar-refractivity contribution >= 4 is 17.2 Å². The molecule has 1 N–H and O–H groups in total. The number of hydrogen-bond donors (Lipinski definition) is 1. The average Bonchev–Trinajstić information content (AvgIpc) is 3.09. The zero-order valence-electron chi connectivity index (χ0n) is 12.7. The molecule has 0 fully saturated rings. The van der Waals surface area contributed by atoms with Crippen LogP contribution in [0, 0.1) is 0 Å². The first-order chi connectivity index (χ1) is 10.8. The van der Waals surface area contributed by atoms with Gasteiger partial charge in [0, 0.05) is 17.6 Å². The van der Waals surface area contributed by atoms with Gasteiger partial charge in [-0.2, -0.15) is 18.3 Å². The van der Waals surface area contributed by atoms with Crippen LogP contribution >= 0.6 is 11.3 Å². The maximum atomic E-state index is 12.5. The minimum Gasteiger partial charge on any atom is -0.353 e. The number of halogens is 3. The third-order valence-corrected chi connectivity index (χ3v) is 4.20. The van der Waals surface area contributed by atoms with Crippen molar-refractivity contribution in [2.45, 2.75) is 18.8 Å². The summed E-state index contributed by atoms with van der Waals surface area (Å²) in [5, 5.41) is 8.04. The van der Waals surface area contributed by atoms with Crippen molar-refractivity contribution in [3.63, 3.8) is 0 Å². The highest BCUT2D eigenvalue weighted by molar-refractivity contribution is 7.10. The third-order valence-electron chi connectivity index (χ3n) is 3.22. The molecule has 2 rings (SSSR count). The van der Waals surface area contributed by atoms with E-state index in [0.29, 0.717) is 6.54 Å². The lowest BCUT2D eigenvalue weighted by molar-refractivity contribution is -0.141. The Morgan fingerprint density at radius 3 is 2.70 bits per heavy atom. The molecule has 0 aliphatic rings. The number of alkyl halides is 3. The van der Waals surface area contributed by atoms with Crippen LogP contribution in [0.15, 0.2) is 29.8 Å². The van der Waals surface area contributed by atoms with Gasteiger partial charge >= 0.3 is 6.18 Å². The van der Waals surface area contributed by atoms with Gasteiger partial charge in [-0.25, -0.2) is 0 Å². The number of thiophene rings is 1. The summed E-state index contributed by atoms with van der Waals surface area (Å²) in [6.45, 7) is 0.125. The fourth-order valence-electron chi connectivity index (χ4n) is 2.03. The Hall–Kier alpha value is -1.87. The average molecular weight is 346 g/mol. The highest BCUT2D eigenvalue weighted by atomic mass is 32.1. The Morgan fingerprint density at radius 1 is 1.43 bits per heavy atom. The Morgan fingerprint density at radius 2 is 2.17 bits per heavy atom. The summed E-state index contributed by atoms with van der Waals surface area (Å²) in [5.41, 5.74) is -1.00. The van der Waals surface area contributed by atoms with E-state index in [2.05, 4.69) is 10.4 Å². The molecule has 1 amide bonds. The number of rotatable bonds is 6. The summed E-state index contributed by atoms with van der Waals surface area (Å²) in [6, 6.07) is 4.77. The van der Waals surface area contributed by atoms with Gasteiger partial charge in [0.15, 0.2) is 5.69 Å². The summed E-state index contributed by atoms with van der Waals surface area (Å²) in [7, 11) is 3.80. The molecule has 0 saturated heterocycles. The van der Waals surface area contributed by atoms with Gasteiger partial charge in [0.05, 0.1) is 6.04 Å². The maximum Gasteiger partial charge on any atom is 0.435 e. The van der Waals surface area contributed by atoms with Crippen LogP contribution in [0.25, 0.3) is 0 Å². The maximum absolute atomic E-state index is 12.5. The van der Waals surface area contributed by atoms with Crippen LogP contribution in [-0.2, 0) is 17.5 Å². The smallest absolute Gasteiger partial charge is 0.353 e. The highest BCUT2D eigenvalue weighted by Gasteiger charge is 2.33. The minimum atomic E-state index is -4.50. The number of nitrogens with zero attached hydrogens (tertiary/aromatic N) is 3. The van der Waals surface area contributed by atoms with Gasteiger partial charge in [-0.1, -0.05) is 6.07 Å². The number of carbonyl (C=O) groups excluding carboxylic acids is 1. The first kappa shape index (κ1) is 17.5. The Labute approximate surface area is 135 Å². The van der Waals surface area contributed by atoms with E-state index in [1.54, 1.807) is 11.3 Å². The topological polar surface area (TPSA) is 50.2 Å². The molecule has 0 saturated carbocycles. The summed E-state index contributed by atoms with van der Waals surface area (Å²) >= 11 is 1.59. The molecule has 0 bridgehead atoms. The number of carbonyl (C=O) groups is 1. The van der Waals surface area contributed by atoms with Gasteiger partial charge in [-0.3, -0.25) is 9.48 Å². The minimum absolute atomic E-state index is 0.0160. The van der Waals surface area contributed by atoms with Crippen molar-refractivity contribution in [2.24, 2.45) is 0 Å². The Balaban J connectivity index is 1.90. The van der Waals surface area contributed by atoms with Gasteiger partial charge in [0.25, 0.3) is 0 Å². The van der Waals surface area contributed by atoms with E-state index < -0.39 is 11.9 Å². The van der Waals surface area contributed by atoms with E-state index in [1.165, 1.54) is 0 Å². The van der Waals surface area contributed by atoms with Crippen LogP contribution < -0.4 is 5.32 Å². The molecule has 2 heterocycles. The molecule has 2 aromatic heterocycles. The van der Waals surface area contributed by atoms with Crippen molar-refractivity contribution in [3.8, 4) is 0 Å². The molecule has 23 heavy (non-hydrogen) atoms. The number of likely N-dealkylation sites (N-methyl/N-ethyl adjacent to an activating group) is 1. The molecule has 0 aromatic carbocycles. The Bertz CT molecular complexity index is 637. The lowest BCUT2D eigenvalue weighted by Gasteiger charge is -2.23. The fourth-order valence-corrected chi connectivity index (χ4v) is 2.96. The molecule has 1 atom stereocenters. The van der Waals surface area contributed by atoms with E-state index in [9.17, 15) is 18.0 Å². The Kier molecular flexibility index (Phi) is 5.42. The second-order valence-electron chi connectivity index (χ2n) is 5.20. The zero-order valence-corrected chi connectivity index (χ0v) is 13.5. The molecule has 1 unspecified atom stereocenters. The molecular formula is C14H17F3N4OS. The van der Waals surface area contributed by atoms with E-state index in [1.807, 2.05) is 36.5 Å². The van der Waals surface area contributed by atoms with Gasteiger partial charge in [-0.05, 0) is 31.6 Å². The van der Waals surface area contributed by atoms with Gasteiger partial charge in [0.2, 0.25) is 5.91 Å². The van der Waals surface area contributed by atoms with Crippen LogP contribution in [0.4, 0.5) is 13.2 Å². The van der Waals surface area contributed by atoms with Crippen LogP contribution in [0.5, 0.6) is 0 Å². The summed E-state index contributed by atoms with van der Waals surface area (Å²) in [5.74, 6) is -0.384. The second-order valence-corrected chi connectivity index (χ2v) is 6.17.